The maximum atomic E-state index is 13.4. The van der Waals surface area contributed by atoms with Gasteiger partial charge in [-0.3, -0.25) is 4.79 Å². The Morgan fingerprint density at radius 3 is 2.27 bits per heavy atom. The first-order valence-corrected chi connectivity index (χ1v) is 15.7. The van der Waals surface area contributed by atoms with Gasteiger partial charge in [-0.25, -0.2) is 4.79 Å². The van der Waals surface area contributed by atoms with E-state index < -0.39 is 29.0 Å². The van der Waals surface area contributed by atoms with Crippen molar-refractivity contribution in [3.8, 4) is 11.4 Å². The number of carboxylic acids is 2. The average molecular weight is 643 g/mol. The Morgan fingerprint density at radius 2 is 1.60 bits per heavy atom. The van der Waals surface area contributed by atoms with E-state index in [0.29, 0.717) is 33.0 Å². The summed E-state index contributed by atoms with van der Waals surface area (Å²) < 4.78 is 2.10. The van der Waals surface area contributed by atoms with Gasteiger partial charge in [0.2, 0.25) is 0 Å². The molecule has 0 fully saturated rings. The molecule has 8 nitrogen and oxygen atoms in total. The Labute approximate surface area is 279 Å². The fraction of sp³-hybridized carbons (Fsp3) is 0.200. The molecular weight excluding hydrogens is 604 g/mol. The van der Waals surface area contributed by atoms with E-state index in [0.717, 1.165) is 28.3 Å². The normalized spacial score (nSPS) is 16.7. The number of allylic oxidation sites excluding steroid dienone is 1. The minimum Gasteiger partial charge on any atom is -0.510 e. The molecule has 0 radical (unpaired) electrons. The molecule has 8 heteroatoms. The number of nitrogens with zero attached hydrogens (tertiary/aromatic N) is 2. The Balaban J connectivity index is 1.60. The lowest BCUT2D eigenvalue weighted by atomic mass is 9.67. The number of phenols is 1. The van der Waals surface area contributed by atoms with E-state index in [1.54, 1.807) is 43.3 Å². The average Bonchev–Trinajstić information content (AvgIpc) is 3.35. The Bertz CT molecular complexity index is 2160. The number of aryl methyl sites for hydroxylation is 1. The van der Waals surface area contributed by atoms with Crippen LogP contribution >= 0.6 is 0 Å². The molecule has 1 aliphatic rings. The number of fused-ring (bicyclic) bond motifs is 2. The number of hydrogen-bond acceptors (Lipinski definition) is 5. The number of aliphatic hydroxyl groups excluding tert-OH is 1. The first-order chi connectivity index (χ1) is 22.9. The van der Waals surface area contributed by atoms with E-state index in [9.17, 15) is 30.0 Å². The summed E-state index contributed by atoms with van der Waals surface area (Å²) in [4.78, 5) is 27.6. The number of hydrogen-bond donors (Lipinski definition) is 4. The summed E-state index contributed by atoms with van der Waals surface area (Å²) in [5.74, 6) is -4.10. The molecule has 4 N–H and O–H groups in total. The van der Waals surface area contributed by atoms with Gasteiger partial charge < -0.3 is 29.9 Å². The van der Waals surface area contributed by atoms with Gasteiger partial charge >= 0.3 is 11.9 Å². The van der Waals surface area contributed by atoms with E-state index in [4.69, 9.17) is 0 Å². The van der Waals surface area contributed by atoms with Crippen LogP contribution < -0.4 is 4.90 Å². The van der Waals surface area contributed by atoms with Gasteiger partial charge in [0.05, 0.1) is 0 Å². The molecule has 4 aromatic carbocycles. The van der Waals surface area contributed by atoms with Crippen molar-refractivity contribution in [2.24, 2.45) is 5.41 Å². The highest BCUT2D eigenvalue weighted by Gasteiger charge is 2.47. The smallest absolute Gasteiger partial charge is 0.339 e. The molecular formula is C40H38N2O6. The minimum atomic E-state index is -1.85. The number of rotatable bonds is 8. The van der Waals surface area contributed by atoms with E-state index in [1.807, 2.05) is 87.4 Å². The van der Waals surface area contributed by atoms with Crippen LogP contribution in [0.2, 0.25) is 0 Å². The lowest BCUT2D eigenvalue weighted by molar-refractivity contribution is -0.145. The molecule has 2 atom stereocenters. The summed E-state index contributed by atoms with van der Waals surface area (Å²) in [5, 5.41) is 45.9. The van der Waals surface area contributed by atoms with E-state index in [1.165, 1.54) is 6.07 Å². The third-order valence-electron chi connectivity index (χ3n) is 9.62. The highest BCUT2D eigenvalue weighted by Crippen LogP contribution is 2.51. The second kappa shape index (κ2) is 12.1. The van der Waals surface area contributed by atoms with Crippen LogP contribution in [0.3, 0.4) is 0 Å². The van der Waals surface area contributed by atoms with Gasteiger partial charge in [-0.1, -0.05) is 67.6 Å². The quantitative estimate of drug-likeness (QED) is 0.135. The predicted molar refractivity (Wildman–Crippen MR) is 189 cm³/mol. The Hall–Kier alpha value is -5.76. The second-order valence-corrected chi connectivity index (χ2v) is 12.7. The molecule has 1 aromatic heterocycles. The molecule has 0 amide bonds. The van der Waals surface area contributed by atoms with Crippen molar-refractivity contribution in [3.05, 3.63) is 136 Å². The van der Waals surface area contributed by atoms with E-state index >= 15 is 0 Å². The first-order valence-electron chi connectivity index (χ1n) is 15.7. The molecule has 0 bridgehead atoms. The van der Waals surface area contributed by atoms with Gasteiger partial charge in [0.15, 0.2) is 0 Å². The second-order valence-electron chi connectivity index (χ2n) is 12.7. The summed E-state index contributed by atoms with van der Waals surface area (Å²) >= 11 is 0. The largest absolute Gasteiger partial charge is 0.510 e. The number of aromatic hydroxyl groups is 1. The number of aliphatic hydroxyl groups is 1. The number of aromatic nitrogens is 1. The highest BCUT2D eigenvalue weighted by atomic mass is 16.4. The van der Waals surface area contributed by atoms with Crippen LogP contribution in [0.1, 0.15) is 56.8 Å². The lowest BCUT2D eigenvalue weighted by Gasteiger charge is -2.36. The summed E-state index contributed by atoms with van der Waals surface area (Å²) in [5.41, 5.74) is 4.37. The van der Waals surface area contributed by atoms with Crippen molar-refractivity contribution >= 4 is 40.0 Å². The molecule has 0 saturated heterocycles. The zero-order valence-corrected chi connectivity index (χ0v) is 27.5. The topological polar surface area (TPSA) is 123 Å². The van der Waals surface area contributed by atoms with Crippen LogP contribution in [0.4, 0.5) is 5.69 Å². The third-order valence-corrected chi connectivity index (χ3v) is 9.62. The number of benzene rings is 4. The number of para-hydroxylation sites is 1. The molecule has 1 aliphatic carbocycles. The number of carboxylic acid groups (broad SMARTS) is 2. The molecule has 5 aromatic rings. The van der Waals surface area contributed by atoms with Gasteiger partial charge in [0.25, 0.3) is 0 Å². The molecule has 2 unspecified atom stereocenters. The first kappa shape index (κ1) is 32.2. The summed E-state index contributed by atoms with van der Waals surface area (Å²) in [6.45, 7) is 5.72. The van der Waals surface area contributed by atoms with Crippen molar-refractivity contribution in [3.63, 3.8) is 0 Å². The van der Waals surface area contributed by atoms with Crippen molar-refractivity contribution in [2.75, 3.05) is 19.0 Å². The molecule has 244 valence electrons. The van der Waals surface area contributed by atoms with Crippen molar-refractivity contribution in [1.29, 1.82) is 0 Å². The van der Waals surface area contributed by atoms with Gasteiger partial charge in [-0.05, 0) is 84.1 Å². The summed E-state index contributed by atoms with van der Waals surface area (Å²) in [6, 6.07) is 26.1. The zero-order chi connectivity index (χ0) is 34.5. The van der Waals surface area contributed by atoms with Crippen molar-refractivity contribution in [1.82, 2.24) is 4.57 Å². The van der Waals surface area contributed by atoms with E-state index in [-0.39, 0.29) is 17.7 Å². The molecule has 48 heavy (non-hydrogen) atoms. The highest BCUT2D eigenvalue weighted by molar-refractivity contribution is 6.02. The maximum Gasteiger partial charge on any atom is 0.339 e. The van der Waals surface area contributed by atoms with Crippen LogP contribution in [0.5, 0.6) is 5.75 Å². The van der Waals surface area contributed by atoms with Gasteiger partial charge in [0.1, 0.15) is 22.5 Å². The summed E-state index contributed by atoms with van der Waals surface area (Å²) in [6.07, 6.45) is 3.30. The van der Waals surface area contributed by atoms with Crippen molar-refractivity contribution < 1.29 is 30.0 Å². The van der Waals surface area contributed by atoms with E-state index in [2.05, 4.69) is 4.57 Å². The zero-order valence-electron chi connectivity index (χ0n) is 27.5. The monoisotopic (exact) mass is 642 g/mol. The molecule has 0 saturated carbocycles. The molecule has 0 aliphatic heterocycles. The van der Waals surface area contributed by atoms with Crippen LogP contribution in [-0.2, 0) is 11.2 Å². The van der Waals surface area contributed by atoms with Crippen molar-refractivity contribution in [2.45, 2.75) is 33.1 Å². The Kier molecular flexibility index (Phi) is 8.13. The van der Waals surface area contributed by atoms with Crippen LogP contribution in [-0.4, -0.2) is 51.0 Å². The summed E-state index contributed by atoms with van der Waals surface area (Å²) in [7, 11) is 3.78. The van der Waals surface area contributed by atoms with Crippen LogP contribution in [0.25, 0.3) is 28.1 Å². The number of anilines is 1. The maximum absolute atomic E-state index is 13.4. The molecule has 1 heterocycles. The van der Waals surface area contributed by atoms with Gasteiger partial charge in [-0.15, -0.1) is 0 Å². The molecule has 0 spiro atoms. The standard InChI is InChI=1S/C40H38N2O6/c1-23-19-26(25(3)42(23)29-12-7-6-8-13-29)17-18-40(39(47)48)22-28-15-16-30(41(4)5)21-32(28)35(37(40)44)24(2)34-31-14-10-9-11-27(31)20-33(36(34)43)38(45)46/h6-21,24,43-44H,22H2,1-5H3,(H,45,46)(H,47,48). The van der Waals surface area contributed by atoms with Gasteiger partial charge in [0, 0.05) is 53.9 Å². The SMILES string of the molecule is Cc1cc(C=CC2(C(=O)O)Cc3ccc(N(C)C)cc3C(C(C)c3c(O)c(C(=O)O)cc4ccccc34)=C2O)c(C)n1-c1ccccc1. The fourth-order valence-electron chi connectivity index (χ4n) is 7.10. The third kappa shape index (κ3) is 5.19. The van der Waals surface area contributed by atoms with Crippen LogP contribution in [0, 0.1) is 19.3 Å². The fourth-order valence-corrected chi connectivity index (χ4v) is 7.10. The number of carbonyl (C=O) groups is 2. The minimum absolute atomic E-state index is 0.0107. The number of aliphatic carboxylic acids is 1. The van der Waals surface area contributed by atoms with Crippen LogP contribution in [0.15, 0.2) is 96.8 Å². The van der Waals surface area contributed by atoms with Gasteiger partial charge in [-0.2, -0.15) is 0 Å². The molecule has 6 rings (SSSR count). The predicted octanol–water partition coefficient (Wildman–Crippen LogP) is 8.13. The Morgan fingerprint density at radius 1 is 0.917 bits per heavy atom. The lowest BCUT2D eigenvalue weighted by Crippen LogP contribution is -2.37. The number of aromatic carboxylic acids is 1.